The lowest BCUT2D eigenvalue weighted by molar-refractivity contribution is -0.120. The Kier molecular flexibility index (Phi) is 7.30. The van der Waals surface area contributed by atoms with E-state index in [0.717, 1.165) is 0 Å². The lowest BCUT2D eigenvalue weighted by atomic mass is 9.98. The summed E-state index contributed by atoms with van der Waals surface area (Å²) < 4.78 is 44.6. The molecule has 1 saturated heterocycles. The number of esters is 1. The molecule has 3 rings (SSSR count). The number of rotatable bonds is 6. The Morgan fingerprint density at radius 2 is 1.94 bits per heavy atom. The van der Waals surface area contributed by atoms with E-state index < -0.39 is 27.7 Å². The van der Waals surface area contributed by atoms with E-state index >= 15 is 0 Å². The van der Waals surface area contributed by atoms with Crippen molar-refractivity contribution >= 4 is 39.2 Å². The van der Waals surface area contributed by atoms with Crippen LogP contribution >= 0.6 is 11.6 Å². The third kappa shape index (κ3) is 5.81. The van der Waals surface area contributed by atoms with Crippen LogP contribution in [-0.4, -0.2) is 44.8 Å². The van der Waals surface area contributed by atoms with Crippen molar-refractivity contribution in [2.75, 3.05) is 25.5 Å². The highest BCUT2D eigenvalue weighted by atomic mass is 35.5. The Balaban J connectivity index is 1.68. The van der Waals surface area contributed by atoms with Crippen LogP contribution in [0, 0.1) is 11.7 Å². The van der Waals surface area contributed by atoms with E-state index in [-0.39, 0.29) is 28.8 Å². The first-order chi connectivity index (χ1) is 14.7. The minimum absolute atomic E-state index is 0.0484. The molecule has 1 atom stereocenters. The van der Waals surface area contributed by atoms with Crippen molar-refractivity contribution in [3.05, 3.63) is 64.4 Å². The molecule has 1 aliphatic heterocycles. The Morgan fingerprint density at radius 3 is 2.61 bits per heavy atom. The molecular formula is C21H22ClFN2O5S. The number of sulfonamides is 1. The minimum atomic E-state index is -3.66. The van der Waals surface area contributed by atoms with Crippen molar-refractivity contribution < 1.29 is 27.1 Å². The second-order valence-electron chi connectivity index (χ2n) is 7.26. The number of carbonyl (C=O) groups is 2. The molecule has 31 heavy (non-hydrogen) atoms. The van der Waals surface area contributed by atoms with Gasteiger partial charge in [-0.3, -0.25) is 4.79 Å². The number of methoxy groups -OCH3 is 1. The molecule has 10 heteroatoms. The molecule has 1 unspecified atom stereocenters. The van der Waals surface area contributed by atoms with E-state index in [0.29, 0.717) is 30.6 Å². The van der Waals surface area contributed by atoms with Crippen molar-refractivity contribution in [2.24, 2.45) is 5.92 Å². The molecule has 0 radical (unpaired) electrons. The van der Waals surface area contributed by atoms with Gasteiger partial charge >= 0.3 is 5.97 Å². The third-order valence-corrected chi connectivity index (χ3v) is 7.20. The number of nitrogens with zero attached hydrogens (tertiary/aromatic N) is 1. The van der Waals surface area contributed by atoms with Crippen LogP contribution in [0.2, 0.25) is 5.02 Å². The molecule has 166 valence electrons. The average molecular weight is 469 g/mol. The van der Waals surface area contributed by atoms with Crippen LogP contribution in [0.3, 0.4) is 0 Å². The minimum Gasteiger partial charge on any atom is -0.465 e. The summed E-state index contributed by atoms with van der Waals surface area (Å²) in [5, 5.41) is 2.91. The fraction of sp³-hybridized carbons (Fsp3) is 0.333. The second kappa shape index (κ2) is 9.76. The Labute approximate surface area is 185 Å². The zero-order chi connectivity index (χ0) is 22.6. The first kappa shape index (κ1) is 23.2. The SMILES string of the molecule is COC(=O)c1cc(NC(=O)C2CCCN(S(=O)(=O)Cc3ccc(F)cc3)C2)ccc1Cl. The lowest BCUT2D eigenvalue weighted by Gasteiger charge is -2.31. The fourth-order valence-electron chi connectivity index (χ4n) is 3.41. The summed E-state index contributed by atoms with van der Waals surface area (Å²) in [5.41, 5.74) is 0.958. The summed E-state index contributed by atoms with van der Waals surface area (Å²) in [6.07, 6.45) is 1.07. The smallest absolute Gasteiger partial charge is 0.339 e. The van der Waals surface area contributed by atoms with Gasteiger partial charge in [0.25, 0.3) is 0 Å². The lowest BCUT2D eigenvalue weighted by Crippen LogP contribution is -2.44. The van der Waals surface area contributed by atoms with Crippen molar-refractivity contribution in [1.82, 2.24) is 4.31 Å². The third-order valence-electron chi connectivity index (χ3n) is 5.05. The van der Waals surface area contributed by atoms with Crippen molar-refractivity contribution in [3.8, 4) is 0 Å². The maximum atomic E-state index is 13.1. The van der Waals surface area contributed by atoms with Crippen molar-refractivity contribution in [1.29, 1.82) is 0 Å². The number of hydrogen-bond donors (Lipinski definition) is 1. The molecule has 0 aromatic heterocycles. The normalized spacial score (nSPS) is 17.2. The van der Waals surface area contributed by atoms with Gasteiger partial charge in [-0.25, -0.2) is 21.9 Å². The second-order valence-corrected chi connectivity index (χ2v) is 9.63. The van der Waals surface area contributed by atoms with Crippen LogP contribution in [0.15, 0.2) is 42.5 Å². The number of benzene rings is 2. The van der Waals surface area contributed by atoms with Crippen molar-refractivity contribution in [2.45, 2.75) is 18.6 Å². The summed E-state index contributed by atoms with van der Waals surface area (Å²) >= 11 is 5.99. The molecule has 1 fully saturated rings. The van der Waals surface area contributed by atoms with Crippen LogP contribution < -0.4 is 5.32 Å². The molecule has 1 N–H and O–H groups in total. The molecule has 0 saturated carbocycles. The molecule has 2 aromatic carbocycles. The van der Waals surface area contributed by atoms with Gasteiger partial charge < -0.3 is 10.1 Å². The number of nitrogens with one attached hydrogen (secondary N) is 1. The highest BCUT2D eigenvalue weighted by Gasteiger charge is 2.32. The molecule has 7 nitrogen and oxygen atoms in total. The van der Waals surface area contributed by atoms with Gasteiger partial charge in [0, 0.05) is 18.8 Å². The molecule has 1 amide bonds. The number of carbonyl (C=O) groups excluding carboxylic acids is 2. The van der Waals surface area contributed by atoms with Crippen LogP contribution in [-0.2, 0) is 25.3 Å². The van der Waals surface area contributed by atoms with Gasteiger partial charge in [0.2, 0.25) is 15.9 Å². The van der Waals surface area contributed by atoms with Crippen LogP contribution in [0.5, 0.6) is 0 Å². The topological polar surface area (TPSA) is 92.8 Å². The van der Waals surface area contributed by atoms with E-state index in [9.17, 15) is 22.4 Å². The van der Waals surface area contributed by atoms with Gasteiger partial charge in [-0.05, 0) is 48.7 Å². The predicted molar refractivity (Wildman–Crippen MR) is 115 cm³/mol. The number of halogens is 2. The maximum Gasteiger partial charge on any atom is 0.339 e. The summed E-state index contributed by atoms with van der Waals surface area (Å²) in [4.78, 5) is 24.5. The first-order valence-corrected chi connectivity index (χ1v) is 11.6. The first-order valence-electron chi connectivity index (χ1n) is 9.60. The molecule has 0 aliphatic carbocycles. The number of ether oxygens (including phenoxy) is 1. The maximum absolute atomic E-state index is 13.1. The quantitative estimate of drug-likeness (QED) is 0.655. The van der Waals surface area contributed by atoms with Crippen molar-refractivity contribution in [3.63, 3.8) is 0 Å². The summed E-state index contributed by atoms with van der Waals surface area (Å²) in [6, 6.07) is 9.74. The molecule has 1 aliphatic rings. The van der Waals surface area contributed by atoms with Gasteiger partial charge in [0.1, 0.15) is 5.82 Å². The standard InChI is InChI=1S/C21H22ClFN2O5S/c1-30-21(27)18-11-17(8-9-19(18)22)24-20(26)15-3-2-10-25(12-15)31(28,29)13-14-4-6-16(23)7-5-14/h4-9,11,15H,2-3,10,12-13H2,1H3,(H,24,26). The summed E-state index contributed by atoms with van der Waals surface area (Å²) in [5.74, 6) is -2.22. The zero-order valence-corrected chi connectivity index (χ0v) is 18.4. The molecule has 2 aromatic rings. The number of amides is 1. The monoisotopic (exact) mass is 468 g/mol. The van der Waals surface area contributed by atoms with E-state index in [2.05, 4.69) is 10.1 Å². The highest BCUT2D eigenvalue weighted by molar-refractivity contribution is 7.88. The van der Waals surface area contributed by atoms with Gasteiger partial charge in [-0.15, -0.1) is 0 Å². The Hall–Kier alpha value is -2.49. The molecular weight excluding hydrogens is 447 g/mol. The average Bonchev–Trinajstić information content (AvgIpc) is 2.76. The van der Waals surface area contributed by atoms with Gasteiger partial charge in [-0.2, -0.15) is 0 Å². The number of anilines is 1. The van der Waals surface area contributed by atoms with Gasteiger partial charge in [0.05, 0.1) is 29.4 Å². The summed E-state index contributed by atoms with van der Waals surface area (Å²) in [7, 11) is -2.43. The molecule has 0 bridgehead atoms. The van der Waals surface area contributed by atoms with E-state index in [1.165, 1.54) is 47.8 Å². The largest absolute Gasteiger partial charge is 0.465 e. The van der Waals surface area contributed by atoms with Crippen LogP contribution in [0.4, 0.5) is 10.1 Å². The molecule has 0 spiro atoms. The van der Waals surface area contributed by atoms with Crippen LogP contribution in [0.25, 0.3) is 0 Å². The van der Waals surface area contributed by atoms with E-state index in [4.69, 9.17) is 11.6 Å². The summed E-state index contributed by atoms with van der Waals surface area (Å²) in [6.45, 7) is 0.369. The zero-order valence-electron chi connectivity index (χ0n) is 16.8. The number of hydrogen-bond acceptors (Lipinski definition) is 5. The molecule has 1 heterocycles. The van der Waals surface area contributed by atoms with E-state index in [1.54, 1.807) is 6.07 Å². The Bertz CT molecular complexity index is 1080. The van der Waals surface area contributed by atoms with Gasteiger partial charge in [0.15, 0.2) is 0 Å². The Morgan fingerprint density at radius 1 is 1.23 bits per heavy atom. The fourth-order valence-corrected chi connectivity index (χ4v) is 5.21. The van der Waals surface area contributed by atoms with Gasteiger partial charge in [-0.1, -0.05) is 23.7 Å². The predicted octanol–water partition coefficient (Wildman–Crippen LogP) is 3.45. The number of piperidine rings is 1. The van der Waals surface area contributed by atoms with E-state index in [1.807, 2.05) is 0 Å². The highest BCUT2D eigenvalue weighted by Crippen LogP contribution is 2.25. The van der Waals surface area contributed by atoms with Crippen LogP contribution in [0.1, 0.15) is 28.8 Å².